The Bertz CT molecular complexity index is 647. The van der Waals surface area contributed by atoms with E-state index in [2.05, 4.69) is 5.32 Å². The first-order valence-corrected chi connectivity index (χ1v) is 7.88. The molecule has 2 aromatic rings. The number of amides is 1. The van der Waals surface area contributed by atoms with Crippen molar-refractivity contribution in [2.75, 3.05) is 12.3 Å². The molecule has 0 radical (unpaired) electrons. The summed E-state index contributed by atoms with van der Waals surface area (Å²) in [5, 5.41) is 14.0. The molecule has 0 spiro atoms. The van der Waals surface area contributed by atoms with Crippen LogP contribution in [-0.4, -0.2) is 23.2 Å². The Morgan fingerprint density at radius 2 is 2.14 bits per heavy atom. The maximum atomic E-state index is 12.2. The lowest BCUT2D eigenvalue weighted by atomic mass is 9.94. The molecule has 2 rings (SSSR count). The standard InChI is InChI=1S/C16H22N2O2S/c1-10(2)8-16(3,20)9-18-15(19)14-7-11-6-12(17)4-5-13(11)21-14/h4-7,10,20H,8-9,17H2,1-3H3,(H,18,19). The Labute approximate surface area is 129 Å². The number of rotatable bonds is 5. The van der Waals surface area contributed by atoms with Crippen molar-refractivity contribution in [3.63, 3.8) is 0 Å². The summed E-state index contributed by atoms with van der Waals surface area (Å²) >= 11 is 1.43. The van der Waals surface area contributed by atoms with Crippen LogP contribution < -0.4 is 11.1 Å². The van der Waals surface area contributed by atoms with E-state index in [1.54, 1.807) is 6.92 Å². The van der Waals surface area contributed by atoms with E-state index in [0.717, 1.165) is 10.1 Å². The van der Waals surface area contributed by atoms with E-state index in [-0.39, 0.29) is 12.5 Å². The maximum absolute atomic E-state index is 12.2. The molecule has 1 aromatic heterocycles. The number of hydrogen-bond acceptors (Lipinski definition) is 4. The molecule has 0 bridgehead atoms. The molecule has 1 heterocycles. The van der Waals surface area contributed by atoms with Gasteiger partial charge in [0.1, 0.15) is 0 Å². The Morgan fingerprint density at radius 1 is 1.43 bits per heavy atom. The van der Waals surface area contributed by atoms with E-state index in [0.29, 0.717) is 22.9 Å². The number of thiophene rings is 1. The highest BCUT2D eigenvalue weighted by molar-refractivity contribution is 7.20. The number of carbonyl (C=O) groups is 1. The van der Waals surface area contributed by atoms with E-state index in [1.165, 1.54) is 11.3 Å². The van der Waals surface area contributed by atoms with Crippen molar-refractivity contribution in [3.8, 4) is 0 Å². The number of anilines is 1. The molecular formula is C16H22N2O2S. The fourth-order valence-corrected chi connectivity index (χ4v) is 3.44. The lowest BCUT2D eigenvalue weighted by Gasteiger charge is -2.25. The predicted octanol–water partition coefficient (Wildman–Crippen LogP) is 3.01. The van der Waals surface area contributed by atoms with Gasteiger partial charge in [0.25, 0.3) is 5.91 Å². The summed E-state index contributed by atoms with van der Waals surface area (Å²) < 4.78 is 1.03. The molecule has 0 aliphatic carbocycles. The molecule has 1 atom stereocenters. The zero-order chi connectivity index (χ0) is 15.6. The number of nitrogen functional groups attached to an aromatic ring is 1. The van der Waals surface area contributed by atoms with Gasteiger partial charge in [0.05, 0.1) is 10.5 Å². The van der Waals surface area contributed by atoms with Crippen molar-refractivity contribution in [1.82, 2.24) is 5.32 Å². The Kier molecular flexibility index (Phi) is 4.54. The average molecular weight is 306 g/mol. The molecule has 0 saturated carbocycles. The van der Waals surface area contributed by atoms with Crippen LogP contribution in [0.5, 0.6) is 0 Å². The average Bonchev–Trinajstić information content (AvgIpc) is 2.77. The van der Waals surface area contributed by atoms with E-state index in [9.17, 15) is 9.90 Å². The summed E-state index contributed by atoms with van der Waals surface area (Å²) in [5.74, 6) is 0.225. The fraction of sp³-hybridized carbons (Fsp3) is 0.438. The Balaban J connectivity index is 2.05. The molecule has 1 amide bonds. The van der Waals surface area contributed by atoms with Gasteiger partial charge in [-0.1, -0.05) is 13.8 Å². The van der Waals surface area contributed by atoms with Crippen molar-refractivity contribution in [3.05, 3.63) is 29.1 Å². The molecule has 21 heavy (non-hydrogen) atoms. The Hall–Kier alpha value is -1.59. The number of aliphatic hydroxyl groups is 1. The quantitative estimate of drug-likeness (QED) is 0.743. The lowest BCUT2D eigenvalue weighted by Crippen LogP contribution is -2.41. The molecule has 5 heteroatoms. The van der Waals surface area contributed by atoms with Gasteiger partial charge in [-0.3, -0.25) is 4.79 Å². The molecule has 0 aliphatic heterocycles. The maximum Gasteiger partial charge on any atom is 0.261 e. The number of nitrogens with two attached hydrogens (primary N) is 1. The largest absolute Gasteiger partial charge is 0.399 e. The van der Waals surface area contributed by atoms with Crippen LogP contribution in [0.1, 0.15) is 36.9 Å². The molecule has 1 aromatic carbocycles. The van der Waals surface area contributed by atoms with Crippen LogP contribution in [-0.2, 0) is 0 Å². The van der Waals surface area contributed by atoms with Crippen molar-refractivity contribution in [2.24, 2.45) is 5.92 Å². The molecule has 1 unspecified atom stereocenters. The molecule has 0 saturated heterocycles. The van der Waals surface area contributed by atoms with Crippen molar-refractivity contribution in [1.29, 1.82) is 0 Å². The van der Waals surface area contributed by atoms with Gasteiger partial charge in [-0.05, 0) is 48.9 Å². The number of benzene rings is 1. The van der Waals surface area contributed by atoms with Crippen molar-refractivity contribution < 1.29 is 9.90 Å². The molecule has 0 fully saturated rings. The van der Waals surface area contributed by atoms with E-state index in [1.807, 2.05) is 38.1 Å². The van der Waals surface area contributed by atoms with Gasteiger partial charge in [-0.15, -0.1) is 11.3 Å². The number of carbonyl (C=O) groups excluding carboxylic acids is 1. The monoisotopic (exact) mass is 306 g/mol. The molecule has 4 nitrogen and oxygen atoms in total. The second-order valence-corrected chi connectivity index (χ2v) is 7.27. The third-order valence-corrected chi connectivity index (χ3v) is 4.36. The fourth-order valence-electron chi connectivity index (χ4n) is 2.48. The first-order valence-electron chi connectivity index (χ1n) is 7.06. The van der Waals surface area contributed by atoms with Crippen LogP contribution >= 0.6 is 11.3 Å². The molecule has 4 N–H and O–H groups in total. The van der Waals surface area contributed by atoms with Gasteiger partial charge in [0.15, 0.2) is 0 Å². The minimum absolute atomic E-state index is 0.154. The van der Waals surface area contributed by atoms with Gasteiger partial charge in [0.2, 0.25) is 0 Å². The summed E-state index contributed by atoms with van der Waals surface area (Å²) in [6.45, 7) is 6.10. The first kappa shape index (κ1) is 15.8. The summed E-state index contributed by atoms with van der Waals surface area (Å²) in [6, 6.07) is 7.44. The topological polar surface area (TPSA) is 75.3 Å². The third-order valence-electron chi connectivity index (χ3n) is 3.24. The first-order chi connectivity index (χ1) is 9.77. The van der Waals surface area contributed by atoms with Crippen LogP contribution in [0.25, 0.3) is 10.1 Å². The van der Waals surface area contributed by atoms with Gasteiger partial charge in [-0.25, -0.2) is 0 Å². The zero-order valence-electron chi connectivity index (χ0n) is 12.6. The van der Waals surface area contributed by atoms with Crippen LogP contribution in [0.15, 0.2) is 24.3 Å². The van der Waals surface area contributed by atoms with Gasteiger partial charge in [0, 0.05) is 16.9 Å². The van der Waals surface area contributed by atoms with E-state index < -0.39 is 5.60 Å². The molecular weight excluding hydrogens is 284 g/mol. The summed E-state index contributed by atoms with van der Waals surface area (Å²) in [5.41, 5.74) is 5.55. The second-order valence-electron chi connectivity index (χ2n) is 6.19. The van der Waals surface area contributed by atoms with Crippen LogP contribution in [0.2, 0.25) is 0 Å². The smallest absolute Gasteiger partial charge is 0.261 e. The summed E-state index contributed by atoms with van der Waals surface area (Å²) in [6.07, 6.45) is 0.649. The van der Waals surface area contributed by atoms with E-state index in [4.69, 9.17) is 5.73 Å². The predicted molar refractivity (Wildman–Crippen MR) is 88.6 cm³/mol. The Morgan fingerprint density at radius 3 is 2.81 bits per heavy atom. The lowest BCUT2D eigenvalue weighted by molar-refractivity contribution is 0.0369. The van der Waals surface area contributed by atoms with Crippen molar-refractivity contribution in [2.45, 2.75) is 32.8 Å². The summed E-state index contributed by atoms with van der Waals surface area (Å²) in [4.78, 5) is 12.8. The number of nitrogens with one attached hydrogen (secondary N) is 1. The van der Waals surface area contributed by atoms with Crippen LogP contribution in [0.3, 0.4) is 0 Å². The third kappa shape index (κ3) is 4.19. The minimum Gasteiger partial charge on any atom is -0.399 e. The normalized spacial score (nSPS) is 14.3. The van der Waals surface area contributed by atoms with Crippen LogP contribution in [0.4, 0.5) is 5.69 Å². The minimum atomic E-state index is -0.884. The molecule has 0 aliphatic rings. The number of fused-ring (bicyclic) bond motifs is 1. The number of hydrogen-bond donors (Lipinski definition) is 3. The summed E-state index contributed by atoms with van der Waals surface area (Å²) in [7, 11) is 0. The molecule has 114 valence electrons. The van der Waals surface area contributed by atoms with Crippen molar-refractivity contribution >= 4 is 33.0 Å². The zero-order valence-corrected chi connectivity index (χ0v) is 13.5. The van der Waals surface area contributed by atoms with Gasteiger partial charge < -0.3 is 16.2 Å². The highest BCUT2D eigenvalue weighted by Crippen LogP contribution is 2.27. The highest BCUT2D eigenvalue weighted by Gasteiger charge is 2.23. The van der Waals surface area contributed by atoms with E-state index >= 15 is 0 Å². The highest BCUT2D eigenvalue weighted by atomic mass is 32.1. The van der Waals surface area contributed by atoms with Gasteiger partial charge in [-0.2, -0.15) is 0 Å². The van der Waals surface area contributed by atoms with Crippen LogP contribution in [0, 0.1) is 5.92 Å². The SMILES string of the molecule is CC(C)CC(C)(O)CNC(=O)c1cc2cc(N)ccc2s1. The second kappa shape index (κ2) is 6.03. The van der Waals surface area contributed by atoms with Gasteiger partial charge >= 0.3 is 0 Å².